The van der Waals surface area contributed by atoms with Gasteiger partial charge in [-0.25, -0.2) is 0 Å². The Morgan fingerprint density at radius 2 is 2.22 bits per heavy atom. The number of rotatable bonds is 5. The van der Waals surface area contributed by atoms with E-state index in [0.29, 0.717) is 23.2 Å². The fourth-order valence-corrected chi connectivity index (χ4v) is 2.21. The van der Waals surface area contributed by atoms with E-state index in [9.17, 15) is 9.59 Å². The summed E-state index contributed by atoms with van der Waals surface area (Å²) in [4.78, 5) is 28.3. The van der Waals surface area contributed by atoms with Crippen LogP contribution < -0.4 is 5.32 Å². The lowest BCUT2D eigenvalue weighted by Crippen LogP contribution is -2.32. The second-order valence-electron chi connectivity index (χ2n) is 5.35. The first-order valence-corrected chi connectivity index (χ1v) is 7.23. The van der Waals surface area contributed by atoms with E-state index in [2.05, 4.69) is 15.5 Å². The van der Waals surface area contributed by atoms with E-state index in [1.165, 1.54) is 7.05 Å². The minimum absolute atomic E-state index is 0.260. The summed E-state index contributed by atoms with van der Waals surface area (Å²) in [7, 11) is 1.38. The number of amides is 1. The summed E-state index contributed by atoms with van der Waals surface area (Å²) >= 11 is 0. The van der Waals surface area contributed by atoms with Gasteiger partial charge in [0.2, 0.25) is 17.6 Å². The number of nitriles is 1. The van der Waals surface area contributed by atoms with Gasteiger partial charge < -0.3 is 9.84 Å². The second-order valence-corrected chi connectivity index (χ2v) is 5.35. The smallest absolute Gasteiger partial charge is 0.245 e. The topological polar surface area (TPSA) is 109 Å². The molecule has 1 aromatic carbocycles. The van der Waals surface area contributed by atoms with Crippen molar-refractivity contribution in [2.45, 2.75) is 18.8 Å². The highest BCUT2D eigenvalue weighted by atomic mass is 16.5. The zero-order valence-electron chi connectivity index (χ0n) is 12.4. The zero-order valence-corrected chi connectivity index (χ0v) is 12.4. The van der Waals surface area contributed by atoms with Crippen molar-refractivity contribution < 1.29 is 14.1 Å². The van der Waals surface area contributed by atoms with Crippen molar-refractivity contribution >= 4 is 11.7 Å². The van der Waals surface area contributed by atoms with Gasteiger partial charge in [-0.3, -0.25) is 9.59 Å². The predicted molar refractivity (Wildman–Crippen MR) is 79.2 cm³/mol. The Labute approximate surface area is 132 Å². The van der Waals surface area contributed by atoms with Gasteiger partial charge in [0.15, 0.2) is 11.7 Å². The van der Waals surface area contributed by atoms with E-state index in [1.54, 1.807) is 30.3 Å². The predicted octanol–water partition coefficient (Wildman–Crippen LogP) is 1.68. The molecule has 1 saturated carbocycles. The van der Waals surface area contributed by atoms with Gasteiger partial charge in [-0.1, -0.05) is 23.4 Å². The Balaban J connectivity index is 1.88. The molecule has 3 rings (SSSR count). The standard InChI is InChI=1S/C16H14N4O3/c1-18-15(22)12(8-17)13(21)10-3-2-4-11(7-10)14-19-16(23-20-14)9-5-6-9/h2-4,7,9,12H,5-6H2,1H3,(H,18,22)/t12-/m1/s1. The molecule has 1 fully saturated rings. The first-order chi connectivity index (χ1) is 11.1. The van der Waals surface area contributed by atoms with Crippen molar-refractivity contribution in [3.05, 3.63) is 35.7 Å². The molecule has 116 valence electrons. The van der Waals surface area contributed by atoms with Gasteiger partial charge in [0, 0.05) is 24.1 Å². The lowest BCUT2D eigenvalue weighted by molar-refractivity contribution is -0.121. The largest absolute Gasteiger partial charge is 0.358 e. The van der Waals surface area contributed by atoms with E-state index in [-0.39, 0.29) is 5.56 Å². The summed E-state index contributed by atoms with van der Waals surface area (Å²) in [5, 5.41) is 15.3. The number of hydrogen-bond donors (Lipinski definition) is 1. The van der Waals surface area contributed by atoms with Crippen molar-refractivity contribution in [3.8, 4) is 17.5 Å². The third kappa shape index (κ3) is 2.97. The maximum atomic E-state index is 12.3. The van der Waals surface area contributed by atoms with Crippen LogP contribution in [0, 0.1) is 17.2 Å². The average molecular weight is 310 g/mol. The molecule has 23 heavy (non-hydrogen) atoms. The van der Waals surface area contributed by atoms with Crippen molar-refractivity contribution in [2.24, 2.45) is 5.92 Å². The summed E-state index contributed by atoms with van der Waals surface area (Å²) in [6, 6.07) is 8.26. The average Bonchev–Trinajstić information content (AvgIpc) is 3.32. The van der Waals surface area contributed by atoms with E-state index >= 15 is 0 Å². The highest BCUT2D eigenvalue weighted by molar-refractivity contribution is 6.12. The molecule has 1 atom stereocenters. The number of carbonyl (C=O) groups excluding carboxylic acids is 2. The molecule has 1 aromatic heterocycles. The van der Waals surface area contributed by atoms with Gasteiger partial charge in [-0.05, 0) is 18.9 Å². The molecule has 1 heterocycles. The van der Waals surface area contributed by atoms with Crippen LogP contribution in [-0.2, 0) is 4.79 Å². The third-order valence-corrected chi connectivity index (χ3v) is 3.67. The molecule has 0 saturated heterocycles. The fraction of sp³-hybridized carbons (Fsp3) is 0.312. The first kappa shape index (κ1) is 14.9. The number of Topliss-reactive ketones (excluding diaryl/α,β-unsaturated/α-hetero) is 1. The number of ketones is 1. The molecule has 7 nitrogen and oxygen atoms in total. The molecule has 0 bridgehead atoms. The number of benzene rings is 1. The Morgan fingerprint density at radius 1 is 1.43 bits per heavy atom. The van der Waals surface area contributed by atoms with Gasteiger partial charge in [0.25, 0.3) is 0 Å². The number of nitrogens with one attached hydrogen (secondary N) is 1. The van der Waals surface area contributed by atoms with Crippen molar-refractivity contribution in [1.29, 1.82) is 5.26 Å². The van der Waals surface area contributed by atoms with Crippen LogP contribution in [0.4, 0.5) is 0 Å². The Hall–Kier alpha value is -3.01. The molecular weight excluding hydrogens is 296 g/mol. The van der Waals surface area contributed by atoms with Crippen LogP contribution in [0.1, 0.15) is 35.0 Å². The van der Waals surface area contributed by atoms with E-state index in [1.807, 2.05) is 0 Å². The minimum Gasteiger partial charge on any atom is -0.358 e. The molecule has 2 aromatic rings. The van der Waals surface area contributed by atoms with Gasteiger partial charge in [0.1, 0.15) is 0 Å². The first-order valence-electron chi connectivity index (χ1n) is 7.23. The number of carbonyl (C=O) groups is 2. The molecule has 0 spiro atoms. The quantitative estimate of drug-likeness (QED) is 0.664. The summed E-state index contributed by atoms with van der Waals surface area (Å²) < 4.78 is 5.21. The SMILES string of the molecule is CNC(=O)[C@H](C#N)C(=O)c1cccc(-c2noc(C3CC3)n2)c1. The zero-order chi connectivity index (χ0) is 16.4. The van der Waals surface area contributed by atoms with Crippen LogP contribution in [0.15, 0.2) is 28.8 Å². The Bertz CT molecular complexity index is 802. The van der Waals surface area contributed by atoms with Gasteiger partial charge in [-0.15, -0.1) is 0 Å². The minimum atomic E-state index is -1.37. The lowest BCUT2D eigenvalue weighted by atomic mass is 9.96. The van der Waals surface area contributed by atoms with Crippen molar-refractivity contribution in [1.82, 2.24) is 15.5 Å². The van der Waals surface area contributed by atoms with Crippen LogP contribution in [0.2, 0.25) is 0 Å². The molecule has 7 heteroatoms. The summed E-state index contributed by atoms with van der Waals surface area (Å²) in [5.74, 6) is -1.20. The molecular formula is C16H14N4O3. The van der Waals surface area contributed by atoms with Gasteiger partial charge in [-0.2, -0.15) is 10.2 Å². The van der Waals surface area contributed by atoms with Gasteiger partial charge >= 0.3 is 0 Å². The van der Waals surface area contributed by atoms with Crippen LogP contribution in [-0.4, -0.2) is 28.9 Å². The van der Waals surface area contributed by atoms with E-state index in [4.69, 9.17) is 9.78 Å². The monoisotopic (exact) mass is 310 g/mol. The molecule has 1 amide bonds. The maximum Gasteiger partial charge on any atom is 0.245 e. The Kier molecular flexibility index (Phi) is 3.89. The summed E-state index contributed by atoms with van der Waals surface area (Å²) in [6.07, 6.45) is 2.10. The summed E-state index contributed by atoms with van der Waals surface area (Å²) in [6.45, 7) is 0. The molecule has 0 aliphatic heterocycles. The molecule has 0 unspecified atom stereocenters. The van der Waals surface area contributed by atoms with Crippen LogP contribution in [0.25, 0.3) is 11.4 Å². The van der Waals surface area contributed by atoms with Crippen molar-refractivity contribution in [3.63, 3.8) is 0 Å². The van der Waals surface area contributed by atoms with E-state index in [0.717, 1.165) is 12.8 Å². The van der Waals surface area contributed by atoms with E-state index < -0.39 is 17.6 Å². The highest BCUT2D eigenvalue weighted by Gasteiger charge is 2.30. The van der Waals surface area contributed by atoms with Gasteiger partial charge in [0.05, 0.1) is 6.07 Å². The highest BCUT2D eigenvalue weighted by Crippen LogP contribution is 2.39. The number of nitrogens with zero attached hydrogens (tertiary/aromatic N) is 3. The van der Waals surface area contributed by atoms with Crippen molar-refractivity contribution in [2.75, 3.05) is 7.05 Å². The molecule has 0 radical (unpaired) electrons. The van der Waals surface area contributed by atoms with Crippen LogP contribution in [0.3, 0.4) is 0 Å². The normalized spacial score (nSPS) is 14.8. The molecule has 1 aliphatic carbocycles. The van der Waals surface area contributed by atoms with Crippen LogP contribution in [0.5, 0.6) is 0 Å². The molecule has 1 N–H and O–H groups in total. The summed E-state index contributed by atoms with van der Waals surface area (Å²) in [5.41, 5.74) is 0.871. The number of hydrogen-bond acceptors (Lipinski definition) is 6. The fourth-order valence-electron chi connectivity index (χ4n) is 2.21. The second kappa shape index (κ2) is 6.01. The lowest BCUT2D eigenvalue weighted by Gasteiger charge is -2.07. The number of aromatic nitrogens is 2. The third-order valence-electron chi connectivity index (χ3n) is 3.67. The maximum absolute atomic E-state index is 12.3. The Morgan fingerprint density at radius 3 is 2.87 bits per heavy atom. The van der Waals surface area contributed by atoms with Crippen LogP contribution >= 0.6 is 0 Å². The molecule has 1 aliphatic rings.